The van der Waals surface area contributed by atoms with E-state index in [9.17, 15) is 27.3 Å². The molecule has 6 nitrogen and oxygen atoms in total. The van der Waals surface area contributed by atoms with E-state index < -0.39 is 27.2 Å². The summed E-state index contributed by atoms with van der Waals surface area (Å²) < 4.78 is 53.9. The largest absolute Gasteiger partial charge is 0.538 e. The van der Waals surface area contributed by atoms with Crippen LogP contribution in [0.15, 0.2) is 33.6 Å². The monoisotopic (exact) mass is 359 g/mol. The zero-order chi connectivity index (χ0) is 14.8. The first-order valence-electron chi connectivity index (χ1n) is 4.78. The van der Waals surface area contributed by atoms with E-state index in [4.69, 9.17) is 0 Å². The highest BCUT2D eigenvalue weighted by Gasteiger charge is 2.53. The van der Waals surface area contributed by atoms with Gasteiger partial charge in [0.1, 0.15) is 0 Å². The molecule has 19 heavy (non-hydrogen) atoms. The molecule has 0 bridgehead atoms. The lowest BCUT2D eigenvalue weighted by atomic mass is 10.4. The molecule has 0 saturated heterocycles. The highest BCUT2D eigenvalue weighted by molar-refractivity contribution is 9.10. The normalized spacial score (nSPS) is 14.1. The van der Waals surface area contributed by atoms with E-state index in [2.05, 4.69) is 20.1 Å². The highest BCUT2D eigenvalue weighted by atomic mass is 79.9. The number of benzene rings is 1. The van der Waals surface area contributed by atoms with Crippen LogP contribution in [0.4, 0.5) is 8.78 Å². The van der Waals surface area contributed by atoms with Gasteiger partial charge in [-0.15, -0.1) is 8.78 Å². The fraction of sp³-hybridized carbons (Fsp3) is 0.333. The summed E-state index contributed by atoms with van der Waals surface area (Å²) in [6.07, 6.45) is -2.42. The molecule has 0 amide bonds. The molecule has 0 heterocycles. The summed E-state index contributed by atoms with van der Waals surface area (Å²) in [6.45, 7) is 0.610. The van der Waals surface area contributed by atoms with Gasteiger partial charge in [-0.3, -0.25) is 10.1 Å². The summed E-state index contributed by atoms with van der Waals surface area (Å²) >= 11 is 3.07. The van der Waals surface area contributed by atoms with Gasteiger partial charge in [-0.2, -0.15) is 8.42 Å². The lowest BCUT2D eigenvalue weighted by molar-refractivity contribution is -0.654. The quantitative estimate of drug-likeness (QED) is 0.348. The van der Waals surface area contributed by atoms with Gasteiger partial charge in [0.15, 0.2) is 0 Å². The fourth-order valence-corrected chi connectivity index (χ4v) is 2.39. The van der Waals surface area contributed by atoms with Crippen LogP contribution in [-0.4, -0.2) is 25.5 Å². The lowest BCUT2D eigenvalue weighted by Gasteiger charge is -2.15. The number of nitrogens with zero attached hydrogens (tertiary/aromatic N) is 1. The molecule has 0 fully saturated rings. The molecule has 1 rings (SSSR count). The molecule has 1 aromatic carbocycles. The summed E-state index contributed by atoms with van der Waals surface area (Å²) in [6, 6.07) is 0.481. The number of nitro groups is 1. The summed E-state index contributed by atoms with van der Waals surface area (Å²) in [4.78, 5) is 7.84. The number of hydrogen-bond acceptors (Lipinski definition) is 5. The third-order valence-corrected chi connectivity index (χ3v) is 4.03. The molecule has 1 atom stereocenters. The molecule has 106 valence electrons. The minimum atomic E-state index is -4.50. The summed E-state index contributed by atoms with van der Waals surface area (Å²) in [7, 11) is -4.50. The maximum Gasteiger partial charge on any atom is 0.538 e. The van der Waals surface area contributed by atoms with E-state index in [1.807, 2.05) is 0 Å². The van der Waals surface area contributed by atoms with Crippen LogP contribution in [0.1, 0.15) is 6.92 Å². The van der Waals surface area contributed by atoms with Crippen LogP contribution in [0.2, 0.25) is 0 Å². The third kappa shape index (κ3) is 3.67. The van der Waals surface area contributed by atoms with Gasteiger partial charge in [0.25, 0.3) is 10.1 Å². The Kier molecular flexibility index (Phi) is 4.59. The first-order chi connectivity index (χ1) is 8.57. The average Bonchev–Trinajstić information content (AvgIpc) is 2.28. The molecule has 0 aliphatic rings. The van der Waals surface area contributed by atoms with Gasteiger partial charge in [0, 0.05) is 4.47 Å². The molecule has 10 heteroatoms. The van der Waals surface area contributed by atoms with Gasteiger partial charge in [0.2, 0.25) is 6.10 Å². The second kappa shape index (κ2) is 5.47. The van der Waals surface area contributed by atoms with Crippen molar-refractivity contribution in [2.45, 2.75) is 24.0 Å². The topological polar surface area (TPSA) is 86.5 Å². The highest BCUT2D eigenvalue weighted by Crippen LogP contribution is 2.26. The number of hydrogen-bond donors (Lipinski definition) is 0. The Morgan fingerprint density at radius 1 is 1.37 bits per heavy atom. The molecular formula is C9H8BrF2NO5S. The van der Waals surface area contributed by atoms with Crippen molar-refractivity contribution in [1.29, 1.82) is 0 Å². The van der Waals surface area contributed by atoms with Crippen LogP contribution in [-0.2, 0) is 14.3 Å². The van der Waals surface area contributed by atoms with Crippen LogP contribution >= 0.6 is 15.9 Å². The van der Waals surface area contributed by atoms with Crippen LogP contribution in [0.3, 0.4) is 0 Å². The van der Waals surface area contributed by atoms with Crippen molar-refractivity contribution in [3.05, 3.63) is 38.9 Å². The summed E-state index contributed by atoms with van der Waals surface area (Å²) in [5, 5.41) is 10.1. The van der Waals surface area contributed by atoms with Crippen LogP contribution in [0, 0.1) is 10.1 Å². The zero-order valence-electron chi connectivity index (χ0n) is 9.42. The second-order valence-corrected chi connectivity index (χ2v) is 5.98. The Bertz CT molecular complexity index is 575. The van der Waals surface area contributed by atoms with Gasteiger partial charge in [0.05, 0.1) is 9.82 Å². The van der Waals surface area contributed by atoms with E-state index in [0.29, 0.717) is 11.4 Å². The van der Waals surface area contributed by atoms with Crippen molar-refractivity contribution in [2.75, 3.05) is 0 Å². The average molecular weight is 360 g/mol. The summed E-state index contributed by atoms with van der Waals surface area (Å²) in [5.41, 5.74) is 0. The molecule has 0 spiro atoms. The van der Waals surface area contributed by atoms with Gasteiger partial charge in [-0.25, -0.2) is 4.18 Å². The Morgan fingerprint density at radius 2 is 1.84 bits per heavy atom. The molecular weight excluding hydrogens is 352 g/mol. The van der Waals surface area contributed by atoms with Crippen LogP contribution < -0.4 is 0 Å². The number of alkyl halides is 2. The van der Waals surface area contributed by atoms with E-state index in [1.54, 1.807) is 0 Å². The standard InChI is InChI=1S/C9H8BrF2NO5S/c1-6(9(11,12)13(14)15)18-19(16,17)8-4-2-7(10)3-5-8/h2-6H,1H3. The Balaban J connectivity index is 2.98. The third-order valence-electron chi connectivity index (χ3n) is 2.11. The maximum atomic E-state index is 13.0. The lowest BCUT2D eigenvalue weighted by Crippen LogP contribution is -2.41. The Hall–Kier alpha value is -1.13. The Morgan fingerprint density at radius 3 is 2.26 bits per heavy atom. The number of rotatable bonds is 5. The molecule has 1 aromatic rings. The smallest absolute Gasteiger partial charge is 0.259 e. The van der Waals surface area contributed by atoms with E-state index in [-0.39, 0.29) is 4.90 Å². The SMILES string of the molecule is CC(OS(=O)(=O)c1ccc(Br)cc1)C(F)(F)[N+](=O)[O-]. The Labute approximate surface area is 115 Å². The maximum absolute atomic E-state index is 13.0. The van der Waals surface area contributed by atoms with Gasteiger partial charge < -0.3 is 0 Å². The van der Waals surface area contributed by atoms with Gasteiger partial charge in [-0.1, -0.05) is 15.9 Å². The van der Waals surface area contributed by atoms with E-state index in [1.165, 1.54) is 12.1 Å². The minimum Gasteiger partial charge on any atom is -0.259 e. The molecule has 1 unspecified atom stereocenters. The first-order valence-corrected chi connectivity index (χ1v) is 6.98. The van der Waals surface area contributed by atoms with Crippen molar-refractivity contribution in [2.24, 2.45) is 0 Å². The van der Waals surface area contributed by atoms with Crippen molar-refractivity contribution in [1.82, 2.24) is 0 Å². The van der Waals surface area contributed by atoms with Crippen molar-refractivity contribution in [3.63, 3.8) is 0 Å². The van der Waals surface area contributed by atoms with Crippen molar-refractivity contribution in [3.8, 4) is 0 Å². The van der Waals surface area contributed by atoms with Crippen LogP contribution in [0.5, 0.6) is 0 Å². The van der Waals surface area contributed by atoms with Crippen molar-refractivity contribution < 1.29 is 26.3 Å². The predicted octanol–water partition coefficient (Wildman–Crippen LogP) is 2.41. The van der Waals surface area contributed by atoms with Crippen molar-refractivity contribution >= 4 is 26.0 Å². The minimum absolute atomic E-state index is 0.373. The predicted molar refractivity (Wildman–Crippen MR) is 63.8 cm³/mol. The van der Waals surface area contributed by atoms with E-state index in [0.717, 1.165) is 12.1 Å². The van der Waals surface area contributed by atoms with E-state index >= 15 is 0 Å². The fourth-order valence-electron chi connectivity index (χ4n) is 1.05. The number of halogens is 3. The molecule has 0 aliphatic heterocycles. The molecule has 0 saturated carbocycles. The molecule has 0 N–H and O–H groups in total. The van der Waals surface area contributed by atoms with Crippen LogP contribution in [0.25, 0.3) is 0 Å². The molecule has 0 radical (unpaired) electrons. The van der Waals surface area contributed by atoms with Gasteiger partial charge in [-0.05, 0) is 31.2 Å². The molecule has 0 aliphatic carbocycles. The van der Waals surface area contributed by atoms with Gasteiger partial charge >= 0.3 is 6.05 Å². The summed E-state index contributed by atoms with van der Waals surface area (Å²) in [5.74, 6) is 0. The molecule has 0 aromatic heterocycles. The second-order valence-electron chi connectivity index (χ2n) is 3.49. The first kappa shape index (κ1) is 15.9. The zero-order valence-corrected chi connectivity index (χ0v) is 11.8.